The highest BCUT2D eigenvalue weighted by Crippen LogP contribution is 2.14. The number of aliphatic hydroxyl groups excluding tert-OH is 1. The van der Waals surface area contributed by atoms with Crippen molar-refractivity contribution < 1.29 is 9.84 Å². The van der Waals surface area contributed by atoms with E-state index < -0.39 is 0 Å². The number of aliphatic hydroxyl groups is 1. The number of hydrogen-bond donors (Lipinski definition) is 2. The van der Waals surface area contributed by atoms with Gasteiger partial charge in [-0.3, -0.25) is 0 Å². The van der Waals surface area contributed by atoms with E-state index in [1.807, 2.05) is 11.8 Å². The summed E-state index contributed by atoms with van der Waals surface area (Å²) in [5.41, 5.74) is -0.0913. The molecule has 3 nitrogen and oxygen atoms in total. The van der Waals surface area contributed by atoms with Crippen LogP contribution in [-0.4, -0.2) is 49.0 Å². The Morgan fingerprint density at radius 3 is 2.62 bits per heavy atom. The second kappa shape index (κ2) is 10.4. The van der Waals surface area contributed by atoms with Gasteiger partial charge in [-0.25, -0.2) is 0 Å². The van der Waals surface area contributed by atoms with Gasteiger partial charge in [0.15, 0.2) is 0 Å². The topological polar surface area (TPSA) is 41.5 Å². The molecule has 2 N–H and O–H groups in total. The van der Waals surface area contributed by atoms with Gasteiger partial charge in [-0.2, -0.15) is 11.8 Å². The molecule has 0 aliphatic rings. The van der Waals surface area contributed by atoms with Crippen molar-refractivity contribution in [2.24, 2.45) is 0 Å². The van der Waals surface area contributed by atoms with Crippen molar-refractivity contribution in [1.29, 1.82) is 0 Å². The number of hydrogen-bond acceptors (Lipinski definition) is 4. The van der Waals surface area contributed by atoms with E-state index >= 15 is 0 Å². The Morgan fingerprint density at radius 2 is 2.06 bits per heavy atom. The molecule has 0 amide bonds. The van der Waals surface area contributed by atoms with Gasteiger partial charge >= 0.3 is 0 Å². The van der Waals surface area contributed by atoms with E-state index in [4.69, 9.17) is 4.74 Å². The smallest absolute Gasteiger partial charge is 0.0610 e. The Kier molecular flexibility index (Phi) is 10.5. The fourth-order valence-electron chi connectivity index (χ4n) is 1.61. The van der Waals surface area contributed by atoms with Gasteiger partial charge < -0.3 is 15.2 Å². The molecule has 0 aromatic rings. The van der Waals surface area contributed by atoms with Crippen LogP contribution in [0, 0.1) is 0 Å². The minimum atomic E-state index is -0.0913. The van der Waals surface area contributed by atoms with Gasteiger partial charge in [-0.15, -0.1) is 0 Å². The van der Waals surface area contributed by atoms with Gasteiger partial charge in [0.25, 0.3) is 0 Å². The third-order valence-electron chi connectivity index (χ3n) is 2.65. The van der Waals surface area contributed by atoms with Crippen LogP contribution in [-0.2, 0) is 4.74 Å². The second-order valence-corrected chi connectivity index (χ2v) is 5.54. The molecule has 0 heterocycles. The summed E-state index contributed by atoms with van der Waals surface area (Å²) in [7, 11) is 1.74. The van der Waals surface area contributed by atoms with Crippen LogP contribution in [0.4, 0.5) is 0 Å². The van der Waals surface area contributed by atoms with Gasteiger partial charge in [0.2, 0.25) is 0 Å². The molecule has 0 aromatic carbocycles. The predicted molar refractivity (Wildman–Crippen MR) is 72.2 cm³/mol. The summed E-state index contributed by atoms with van der Waals surface area (Å²) in [6.07, 6.45) is 3.43. The molecule has 16 heavy (non-hydrogen) atoms. The maximum Gasteiger partial charge on any atom is 0.0610 e. The molecule has 0 saturated heterocycles. The molecule has 0 fully saturated rings. The number of thioether (sulfide) groups is 1. The Labute approximate surface area is 104 Å². The third kappa shape index (κ3) is 8.39. The van der Waals surface area contributed by atoms with Gasteiger partial charge in [0.05, 0.1) is 13.2 Å². The quantitative estimate of drug-likeness (QED) is 0.549. The number of likely N-dealkylation sites (N-methyl/N-ethyl adjacent to an activating group) is 1. The molecule has 0 aliphatic heterocycles. The minimum absolute atomic E-state index is 0.0913. The summed E-state index contributed by atoms with van der Waals surface area (Å²) >= 11 is 1.94. The van der Waals surface area contributed by atoms with E-state index in [-0.39, 0.29) is 12.1 Å². The van der Waals surface area contributed by atoms with Gasteiger partial charge in [-0.05, 0) is 32.1 Å². The number of methoxy groups -OCH3 is 1. The lowest BCUT2D eigenvalue weighted by atomic mass is 9.96. The predicted octanol–water partition coefficient (Wildman–Crippen LogP) is 1.90. The fraction of sp³-hybridized carbons (Fsp3) is 1.00. The van der Waals surface area contributed by atoms with Crippen LogP contribution in [0.5, 0.6) is 0 Å². The van der Waals surface area contributed by atoms with Crippen LogP contribution in [0.2, 0.25) is 0 Å². The van der Waals surface area contributed by atoms with E-state index in [0.717, 1.165) is 25.3 Å². The van der Waals surface area contributed by atoms with Crippen LogP contribution < -0.4 is 5.32 Å². The van der Waals surface area contributed by atoms with E-state index in [0.29, 0.717) is 0 Å². The summed E-state index contributed by atoms with van der Waals surface area (Å²) in [6.45, 7) is 6.15. The first-order valence-electron chi connectivity index (χ1n) is 6.11. The fourth-order valence-corrected chi connectivity index (χ4v) is 2.51. The van der Waals surface area contributed by atoms with E-state index in [2.05, 4.69) is 19.2 Å². The molecule has 1 unspecified atom stereocenters. The average molecular weight is 249 g/mol. The minimum Gasteiger partial charge on any atom is -0.394 e. The number of nitrogens with one attached hydrogen (secondary N) is 1. The highest BCUT2D eigenvalue weighted by molar-refractivity contribution is 7.99. The standard InChI is InChI=1S/C12H27NO2S/c1-4-13-12(2,11-14)7-5-6-9-16-10-8-15-3/h13-14H,4-11H2,1-3H3. The Balaban J connectivity index is 3.41. The van der Waals surface area contributed by atoms with Crippen LogP contribution in [0.25, 0.3) is 0 Å². The van der Waals surface area contributed by atoms with Crippen LogP contribution in [0.3, 0.4) is 0 Å². The van der Waals surface area contributed by atoms with Crippen molar-refractivity contribution in [3.63, 3.8) is 0 Å². The number of unbranched alkanes of at least 4 members (excludes halogenated alkanes) is 1. The van der Waals surface area contributed by atoms with E-state index in [1.165, 1.54) is 18.6 Å². The monoisotopic (exact) mass is 249 g/mol. The molecule has 0 aliphatic carbocycles. The molecule has 0 spiro atoms. The zero-order valence-corrected chi connectivity index (χ0v) is 11.7. The molecule has 98 valence electrons. The Hall–Kier alpha value is 0.230. The SMILES string of the molecule is CCNC(C)(CO)CCCCSCCOC. The number of ether oxygens (including phenoxy) is 1. The van der Waals surface area contributed by atoms with Crippen LogP contribution >= 0.6 is 11.8 Å². The largest absolute Gasteiger partial charge is 0.394 e. The molecule has 0 rings (SSSR count). The molecule has 1 atom stereocenters. The zero-order chi connectivity index (χ0) is 12.3. The van der Waals surface area contributed by atoms with Gasteiger partial charge in [0.1, 0.15) is 0 Å². The molecule has 4 heteroatoms. The second-order valence-electron chi connectivity index (χ2n) is 4.31. The first-order valence-corrected chi connectivity index (χ1v) is 7.26. The molecule has 0 saturated carbocycles. The maximum atomic E-state index is 9.30. The highest BCUT2D eigenvalue weighted by Gasteiger charge is 2.20. The van der Waals surface area contributed by atoms with E-state index in [1.54, 1.807) is 7.11 Å². The van der Waals surface area contributed by atoms with Crippen molar-refractivity contribution >= 4 is 11.8 Å². The number of rotatable bonds is 11. The molecule has 0 radical (unpaired) electrons. The van der Waals surface area contributed by atoms with Crippen LogP contribution in [0.15, 0.2) is 0 Å². The average Bonchev–Trinajstić information content (AvgIpc) is 2.28. The maximum absolute atomic E-state index is 9.30. The van der Waals surface area contributed by atoms with Gasteiger partial charge in [0, 0.05) is 18.4 Å². The summed E-state index contributed by atoms with van der Waals surface area (Å²) in [4.78, 5) is 0. The Morgan fingerprint density at radius 1 is 1.31 bits per heavy atom. The molecular weight excluding hydrogens is 222 g/mol. The zero-order valence-electron chi connectivity index (χ0n) is 10.9. The molecule has 0 aromatic heterocycles. The highest BCUT2D eigenvalue weighted by atomic mass is 32.2. The summed E-state index contributed by atoms with van der Waals surface area (Å²) in [5, 5.41) is 12.6. The summed E-state index contributed by atoms with van der Waals surface area (Å²) in [5.74, 6) is 2.28. The van der Waals surface area contributed by atoms with Crippen molar-refractivity contribution in [1.82, 2.24) is 5.32 Å². The summed E-state index contributed by atoms with van der Waals surface area (Å²) < 4.78 is 4.99. The first-order chi connectivity index (χ1) is 7.68. The van der Waals surface area contributed by atoms with Crippen molar-refractivity contribution in [3.05, 3.63) is 0 Å². The van der Waals surface area contributed by atoms with Crippen molar-refractivity contribution in [2.75, 3.05) is 38.4 Å². The van der Waals surface area contributed by atoms with Crippen molar-refractivity contribution in [2.45, 2.75) is 38.6 Å². The lowest BCUT2D eigenvalue weighted by Crippen LogP contribution is -2.45. The Bertz CT molecular complexity index is 158. The summed E-state index contributed by atoms with van der Waals surface area (Å²) in [6, 6.07) is 0. The van der Waals surface area contributed by atoms with E-state index in [9.17, 15) is 5.11 Å². The van der Waals surface area contributed by atoms with Crippen molar-refractivity contribution in [3.8, 4) is 0 Å². The van der Waals surface area contributed by atoms with Crippen LogP contribution in [0.1, 0.15) is 33.1 Å². The molecule has 0 bridgehead atoms. The lowest BCUT2D eigenvalue weighted by Gasteiger charge is -2.28. The van der Waals surface area contributed by atoms with Gasteiger partial charge in [-0.1, -0.05) is 13.3 Å². The lowest BCUT2D eigenvalue weighted by molar-refractivity contribution is 0.165. The first kappa shape index (κ1) is 16.2. The third-order valence-corrected chi connectivity index (χ3v) is 3.68. The molecular formula is C12H27NO2S. The normalized spacial score (nSPS) is 15.0.